The molecule has 1 saturated carbocycles. The van der Waals surface area contributed by atoms with Crippen LogP contribution in [0.3, 0.4) is 0 Å². The van der Waals surface area contributed by atoms with E-state index in [0.29, 0.717) is 0 Å². The van der Waals surface area contributed by atoms with Crippen molar-refractivity contribution in [3.8, 4) is 0 Å². The van der Waals surface area contributed by atoms with Gasteiger partial charge in [-0.05, 0) is 37.7 Å². The van der Waals surface area contributed by atoms with Crippen molar-refractivity contribution in [2.75, 3.05) is 0 Å². The Hall–Kier alpha value is -0.300. The van der Waals surface area contributed by atoms with Gasteiger partial charge in [0.1, 0.15) is 0 Å². The summed E-state index contributed by atoms with van der Waals surface area (Å²) < 4.78 is 0. The summed E-state index contributed by atoms with van der Waals surface area (Å²) in [4.78, 5) is 11.7. The first kappa shape index (κ1) is 15.8. The summed E-state index contributed by atoms with van der Waals surface area (Å²) in [6, 6.07) is 0. The summed E-state index contributed by atoms with van der Waals surface area (Å²) in [5, 5.41) is 0. The van der Waals surface area contributed by atoms with Crippen molar-refractivity contribution in [1.29, 1.82) is 0 Å². The minimum Gasteiger partial charge on any atom is -0.295 e. The van der Waals surface area contributed by atoms with Crippen LogP contribution in [0.2, 0.25) is 0 Å². The van der Waals surface area contributed by atoms with Gasteiger partial charge in [-0.25, -0.2) is 0 Å². The fourth-order valence-corrected chi connectivity index (χ4v) is 3.09. The van der Waals surface area contributed by atoms with Crippen molar-refractivity contribution >= 4 is 17.4 Å². The Morgan fingerprint density at radius 3 is 2.39 bits per heavy atom. The molecule has 0 bridgehead atoms. The Bertz CT molecular complexity index is 252. The topological polar surface area (TPSA) is 17.1 Å². The molecule has 0 aromatic heterocycles. The number of ketones is 1. The van der Waals surface area contributed by atoms with Gasteiger partial charge in [-0.2, -0.15) is 0 Å². The third-order valence-corrected chi connectivity index (χ3v) is 4.32. The average molecular weight is 271 g/mol. The van der Waals surface area contributed by atoms with Crippen LogP contribution in [0.15, 0.2) is 11.6 Å². The smallest absolute Gasteiger partial charge is 0.159 e. The molecule has 0 amide bonds. The van der Waals surface area contributed by atoms with Crippen molar-refractivity contribution < 1.29 is 4.79 Å². The van der Waals surface area contributed by atoms with E-state index in [-0.39, 0.29) is 11.7 Å². The number of unbranched alkanes of at least 4 members (excludes halogenated alkanes) is 4. The predicted molar refractivity (Wildman–Crippen MR) is 78.8 cm³/mol. The van der Waals surface area contributed by atoms with E-state index in [2.05, 4.69) is 6.92 Å². The highest BCUT2D eigenvalue weighted by molar-refractivity contribution is 6.26. The highest BCUT2D eigenvalue weighted by Gasteiger charge is 2.24. The summed E-state index contributed by atoms with van der Waals surface area (Å²) in [5.41, 5.74) is 1.35. The van der Waals surface area contributed by atoms with Crippen LogP contribution in [0.4, 0.5) is 0 Å². The third-order valence-electron chi connectivity index (χ3n) is 4.19. The Morgan fingerprint density at radius 1 is 1.11 bits per heavy atom. The molecule has 1 fully saturated rings. The van der Waals surface area contributed by atoms with Crippen molar-refractivity contribution in [2.24, 2.45) is 11.8 Å². The maximum Gasteiger partial charge on any atom is 0.159 e. The van der Waals surface area contributed by atoms with E-state index in [0.717, 1.165) is 18.8 Å². The zero-order valence-corrected chi connectivity index (χ0v) is 12.4. The summed E-state index contributed by atoms with van der Waals surface area (Å²) in [6.45, 7) is 2.26. The Labute approximate surface area is 117 Å². The van der Waals surface area contributed by atoms with Gasteiger partial charge in [0.15, 0.2) is 5.78 Å². The van der Waals surface area contributed by atoms with Gasteiger partial charge in [0.2, 0.25) is 0 Å². The molecule has 0 aliphatic heterocycles. The quantitative estimate of drug-likeness (QED) is 0.422. The van der Waals surface area contributed by atoms with E-state index in [1.165, 1.54) is 63.0 Å². The molecule has 0 saturated heterocycles. The SMILES string of the molecule is CCCCCCCC1CCC(C(=O)C=CCl)CC1. The fraction of sp³-hybridized carbons (Fsp3) is 0.812. The normalized spacial score (nSPS) is 24.6. The molecule has 2 heteroatoms. The van der Waals surface area contributed by atoms with Gasteiger partial charge in [0.05, 0.1) is 0 Å². The Kier molecular flexibility index (Phi) is 8.41. The highest BCUT2D eigenvalue weighted by Crippen LogP contribution is 2.32. The van der Waals surface area contributed by atoms with Crippen LogP contribution in [0.1, 0.15) is 71.1 Å². The maximum absolute atomic E-state index is 11.7. The van der Waals surface area contributed by atoms with Crippen LogP contribution in [0.5, 0.6) is 0 Å². The number of carbonyl (C=O) groups excluding carboxylic acids is 1. The molecule has 0 heterocycles. The molecule has 0 radical (unpaired) electrons. The summed E-state index contributed by atoms with van der Waals surface area (Å²) in [7, 11) is 0. The first-order valence-electron chi connectivity index (χ1n) is 7.58. The van der Waals surface area contributed by atoms with Gasteiger partial charge in [0, 0.05) is 11.5 Å². The molecule has 0 N–H and O–H groups in total. The second-order valence-electron chi connectivity index (χ2n) is 5.62. The molecule has 104 valence electrons. The molecule has 0 spiro atoms. The van der Waals surface area contributed by atoms with E-state index in [1.54, 1.807) is 0 Å². The van der Waals surface area contributed by atoms with Crippen LogP contribution in [0.25, 0.3) is 0 Å². The molecule has 1 nitrogen and oxygen atoms in total. The number of hydrogen-bond donors (Lipinski definition) is 0. The van der Waals surface area contributed by atoms with Crippen LogP contribution in [-0.2, 0) is 4.79 Å². The lowest BCUT2D eigenvalue weighted by Gasteiger charge is -2.27. The largest absolute Gasteiger partial charge is 0.295 e. The molecule has 18 heavy (non-hydrogen) atoms. The first-order chi connectivity index (χ1) is 8.77. The first-order valence-corrected chi connectivity index (χ1v) is 8.02. The summed E-state index contributed by atoms with van der Waals surface area (Å²) >= 11 is 5.45. The van der Waals surface area contributed by atoms with Crippen molar-refractivity contribution in [1.82, 2.24) is 0 Å². The second kappa shape index (κ2) is 9.61. The van der Waals surface area contributed by atoms with E-state index in [1.807, 2.05) is 0 Å². The van der Waals surface area contributed by atoms with Crippen molar-refractivity contribution in [2.45, 2.75) is 71.1 Å². The number of halogens is 1. The molecule has 1 rings (SSSR count). The Balaban J connectivity index is 2.10. The third kappa shape index (κ3) is 6.04. The number of carbonyl (C=O) groups is 1. The van der Waals surface area contributed by atoms with E-state index < -0.39 is 0 Å². The van der Waals surface area contributed by atoms with Crippen molar-refractivity contribution in [3.05, 3.63) is 11.6 Å². The minimum absolute atomic E-state index is 0.228. The molecule has 0 atom stereocenters. The van der Waals surface area contributed by atoms with Crippen LogP contribution in [-0.4, -0.2) is 5.78 Å². The summed E-state index contributed by atoms with van der Waals surface area (Å²) in [6.07, 6.45) is 14.4. The van der Waals surface area contributed by atoms with Crippen LogP contribution < -0.4 is 0 Å². The van der Waals surface area contributed by atoms with Gasteiger partial charge in [0.25, 0.3) is 0 Å². The zero-order chi connectivity index (χ0) is 13.2. The van der Waals surface area contributed by atoms with Gasteiger partial charge in [-0.15, -0.1) is 0 Å². The van der Waals surface area contributed by atoms with E-state index in [9.17, 15) is 4.79 Å². The number of hydrogen-bond acceptors (Lipinski definition) is 1. The van der Waals surface area contributed by atoms with Gasteiger partial charge in [-0.3, -0.25) is 4.79 Å². The van der Waals surface area contributed by atoms with Crippen molar-refractivity contribution in [3.63, 3.8) is 0 Å². The molecular weight excluding hydrogens is 244 g/mol. The lowest BCUT2D eigenvalue weighted by atomic mass is 9.78. The monoisotopic (exact) mass is 270 g/mol. The molecule has 0 aromatic rings. The van der Waals surface area contributed by atoms with Gasteiger partial charge < -0.3 is 0 Å². The fourth-order valence-electron chi connectivity index (χ4n) is 2.97. The molecule has 0 aromatic carbocycles. The standard InChI is InChI=1S/C16H27ClO/c1-2-3-4-5-6-7-14-8-10-15(11-9-14)16(18)12-13-17/h12-15H,2-11H2,1H3. The lowest BCUT2D eigenvalue weighted by Crippen LogP contribution is -2.20. The Morgan fingerprint density at radius 2 is 1.78 bits per heavy atom. The number of allylic oxidation sites excluding steroid dienone is 1. The second-order valence-corrected chi connectivity index (χ2v) is 5.87. The highest BCUT2D eigenvalue weighted by atomic mass is 35.5. The lowest BCUT2D eigenvalue weighted by molar-refractivity contribution is -0.119. The molecular formula is C16H27ClO. The maximum atomic E-state index is 11.7. The molecule has 1 aliphatic rings. The van der Waals surface area contributed by atoms with E-state index >= 15 is 0 Å². The molecule has 0 unspecified atom stereocenters. The van der Waals surface area contributed by atoms with Gasteiger partial charge in [-0.1, -0.05) is 57.0 Å². The number of rotatable bonds is 8. The van der Waals surface area contributed by atoms with E-state index in [4.69, 9.17) is 11.6 Å². The van der Waals surface area contributed by atoms with Crippen LogP contribution in [0, 0.1) is 11.8 Å². The van der Waals surface area contributed by atoms with Gasteiger partial charge >= 0.3 is 0 Å². The zero-order valence-electron chi connectivity index (χ0n) is 11.7. The molecule has 1 aliphatic carbocycles. The minimum atomic E-state index is 0.228. The van der Waals surface area contributed by atoms with Crippen LogP contribution >= 0.6 is 11.6 Å². The summed E-state index contributed by atoms with van der Waals surface area (Å²) in [5.74, 6) is 1.35. The average Bonchev–Trinajstić information content (AvgIpc) is 2.39. The predicted octanol–water partition coefficient (Wildman–Crippen LogP) is 5.47.